The van der Waals surface area contributed by atoms with Crippen LogP contribution in [0.3, 0.4) is 0 Å². The maximum absolute atomic E-state index is 12.9. The number of nitriles is 1. The number of hydrogen-bond donors (Lipinski definition) is 0. The Morgan fingerprint density at radius 2 is 2.20 bits per heavy atom. The number of ether oxygens (including phenoxy) is 1. The summed E-state index contributed by atoms with van der Waals surface area (Å²) in [5.74, 6) is 0. The van der Waals surface area contributed by atoms with E-state index >= 15 is 0 Å². The molecule has 1 aromatic rings. The highest BCUT2D eigenvalue weighted by atomic mass is 19.3. The average Bonchev–Trinajstić information content (AvgIpc) is 2.18. The molecule has 0 aromatic heterocycles. The Labute approximate surface area is 86.1 Å². The molecule has 1 heterocycles. The second-order valence-electron chi connectivity index (χ2n) is 3.54. The van der Waals surface area contributed by atoms with Gasteiger partial charge in [-0.25, -0.2) is 0 Å². The van der Waals surface area contributed by atoms with Gasteiger partial charge in [-0.3, -0.25) is 0 Å². The van der Waals surface area contributed by atoms with Gasteiger partial charge in [0.05, 0.1) is 25.5 Å². The Kier molecular flexibility index (Phi) is 2.41. The van der Waals surface area contributed by atoms with Crippen molar-refractivity contribution >= 4 is 0 Å². The van der Waals surface area contributed by atoms with Crippen molar-refractivity contribution in [1.29, 1.82) is 5.26 Å². The van der Waals surface area contributed by atoms with E-state index in [-0.39, 0.29) is 13.0 Å². The third-order valence-electron chi connectivity index (χ3n) is 2.39. The molecule has 1 aromatic carbocycles. The first-order chi connectivity index (χ1) is 7.11. The standard InChI is InChI=1S/C11H9F2NO/c12-11(13)6-9-2-1-8(3-4-14)5-10(9)7-15-11/h1-2,5H,3,6-7H2. The van der Waals surface area contributed by atoms with E-state index in [1.807, 2.05) is 6.07 Å². The number of alkyl halides is 2. The molecular formula is C11H9F2NO. The fourth-order valence-corrected chi connectivity index (χ4v) is 1.64. The van der Waals surface area contributed by atoms with Crippen LogP contribution < -0.4 is 0 Å². The van der Waals surface area contributed by atoms with E-state index in [1.165, 1.54) is 0 Å². The molecule has 0 amide bonds. The van der Waals surface area contributed by atoms with Crippen molar-refractivity contribution in [2.45, 2.75) is 25.6 Å². The van der Waals surface area contributed by atoms with Gasteiger partial charge < -0.3 is 4.74 Å². The monoisotopic (exact) mass is 209 g/mol. The molecule has 2 rings (SSSR count). The van der Waals surface area contributed by atoms with E-state index in [2.05, 4.69) is 4.74 Å². The zero-order valence-electron chi connectivity index (χ0n) is 7.96. The van der Waals surface area contributed by atoms with Crippen LogP contribution in [0.5, 0.6) is 0 Å². The lowest BCUT2D eigenvalue weighted by Gasteiger charge is -2.24. The van der Waals surface area contributed by atoms with Crippen molar-refractivity contribution in [2.24, 2.45) is 0 Å². The quantitative estimate of drug-likeness (QED) is 0.711. The van der Waals surface area contributed by atoms with Gasteiger partial charge in [-0.15, -0.1) is 0 Å². The smallest absolute Gasteiger partial charge is 0.315 e. The fourth-order valence-electron chi connectivity index (χ4n) is 1.64. The van der Waals surface area contributed by atoms with Crippen LogP contribution in [0.4, 0.5) is 8.78 Å². The van der Waals surface area contributed by atoms with E-state index in [0.29, 0.717) is 12.0 Å². The predicted molar refractivity (Wildman–Crippen MR) is 49.2 cm³/mol. The van der Waals surface area contributed by atoms with Crippen molar-refractivity contribution in [3.8, 4) is 6.07 Å². The molecule has 0 N–H and O–H groups in total. The highest BCUT2D eigenvalue weighted by molar-refractivity contribution is 5.34. The third-order valence-corrected chi connectivity index (χ3v) is 2.39. The summed E-state index contributed by atoms with van der Waals surface area (Å²) < 4.78 is 30.1. The third kappa shape index (κ3) is 2.13. The van der Waals surface area contributed by atoms with Crippen LogP contribution in [0.15, 0.2) is 18.2 Å². The minimum atomic E-state index is -3.05. The van der Waals surface area contributed by atoms with Crippen LogP contribution in [0.25, 0.3) is 0 Å². The van der Waals surface area contributed by atoms with Crippen molar-refractivity contribution < 1.29 is 13.5 Å². The van der Waals surface area contributed by atoms with Crippen LogP contribution in [-0.2, 0) is 24.2 Å². The molecule has 0 radical (unpaired) electrons. The first-order valence-electron chi connectivity index (χ1n) is 4.60. The van der Waals surface area contributed by atoms with Gasteiger partial charge in [-0.2, -0.15) is 14.0 Å². The van der Waals surface area contributed by atoms with Crippen molar-refractivity contribution in [2.75, 3.05) is 0 Å². The van der Waals surface area contributed by atoms with Crippen molar-refractivity contribution in [1.82, 2.24) is 0 Å². The number of halogens is 2. The van der Waals surface area contributed by atoms with Crippen LogP contribution in [0.2, 0.25) is 0 Å². The normalized spacial score (nSPS) is 17.9. The molecule has 2 nitrogen and oxygen atoms in total. The highest BCUT2D eigenvalue weighted by Crippen LogP contribution is 2.30. The second-order valence-corrected chi connectivity index (χ2v) is 3.54. The first kappa shape index (κ1) is 10.1. The van der Waals surface area contributed by atoms with Gasteiger partial charge in [-0.05, 0) is 16.7 Å². The highest BCUT2D eigenvalue weighted by Gasteiger charge is 2.35. The topological polar surface area (TPSA) is 33.0 Å². The summed E-state index contributed by atoms with van der Waals surface area (Å²) in [5.41, 5.74) is 2.20. The summed E-state index contributed by atoms with van der Waals surface area (Å²) in [7, 11) is 0. The van der Waals surface area contributed by atoms with E-state index < -0.39 is 6.11 Å². The summed E-state index contributed by atoms with van der Waals surface area (Å²) in [5, 5.41) is 8.51. The average molecular weight is 209 g/mol. The summed E-state index contributed by atoms with van der Waals surface area (Å²) in [6, 6.07) is 7.14. The maximum Gasteiger partial charge on any atom is 0.360 e. The van der Waals surface area contributed by atoms with E-state index in [1.54, 1.807) is 18.2 Å². The molecule has 0 fully saturated rings. The molecule has 0 unspecified atom stereocenters. The molecule has 15 heavy (non-hydrogen) atoms. The Hall–Kier alpha value is -1.47. The Morgan fingerprint density at radius 1 is 1.40 bits per heavy atom. The van der Waals surface area contributed by atoms with Crippen molar-refractivity contribution in [3.05, 3.63) is 34.9 Å². The van der Waals surface area contributed by atoms with E-state index in [4.69, 9.17) is 5.26 Å². The number of nitrogens with zero attached hydrogens (tertiary/aromatic N) is 1. The zero-order valence-corrected chi connectivity index (χ0v) is 7.96. The summed E-state index contributed by atoms with van der Waals surface area (Å²) in [4.78, 5) is 0. The lowest BCUT2D eigenvalue weighted by atomic mass is 9.98. The van der Waals surface area contributed by atoms with Gasteiger partial charge in [0.1, 0.15) is 0 Å². The van der Waals surface area contributed by atoms with E-state index in [0.717, 1.165) is 11.1 Å². The van der Waals surface area contributed by atoms with Gasteiger partial charge in [0.25, 0.3) is 0 Å². The zero-order chi connectivity index (χ0) is 10.9. The van der Waals surface area contributed by atoms with Gasteiger partial charge in [0.2, 0.25) is 0 Å². The van der Waals surface area contributed by atoms with Crippen LogP contribution in [-0.4, -0.2) is 6.11 Å². The minimum absolute atomic E-state index is 0.0817. The predicted octanol–water partition coefficient (Wildman–Crippen LogP) is 2.42. The Bertz CT molecular complexity index is 423. The number of rotatable bonds is 1. The summed E-state index contributed by atoms with van der Waals surface area (Å²) in [6.07, 6.45) is -3.14. The minimum Gasteiger partial charge on any atom is -0.315 e. The number of hydrogen-bond acceptors (Lipinski definition) is 2. The molecule has 0 saturated heterocycles. The molecule has 1 aliphatic rings. The Morgan fingerprint density at radius 3 is 2.93 bits per heavy atom. The molecule has 0 atom stereocenters. The lowest BCUT2D eigenvalue weighted by molar-refractivity contribution is -0.250. The first-order valence-corrected chi connectivity index (χ1v) is 4.60. The molecule has 4 heteroatoms. The van der Waals surface area contributed by atoms with Gasteiger partial charge in [-0.1, -0.05) is 18.2 Å². The number of benzene rings is 1. The molecule has 0 aliphatic carbocycles. The summed E-state index contributed by atoms with van der Waals surface area (Å²) >= 11 is 0. The maximum atomic E-state index is 12.9. The molecule has 0 bridgehead atoms. The van der Waals surface area contributed by atoms with Crippen LogP contribution in [0.1, 0.15) is 16.7 Å². The van der Waals surface area contributed by atoms with Crippen LogP contribution >= 0.6 is 0 Å². The number of fused-ring (bicyclic) bond motifs is 1. The van der Waals surface area contributed by atoms with Gasteiger partial charge >= 0.3 is 6.11 Å². The fraction of sp³-hybridized carbons (Fsp3) is 0.364. The largest absolute Gasteiger partial charge is 0.360 e. The Balaban J connectivity index is 2.29. The van der Waals surface area contributed by atoms with Gasteiger partial charge in [0.15, 0.2) is 0 Å². The van der Waals surface area contributed by atoms with E-state index in [9.17, 15) is 8.78 Å². The van der Waals surface area contributed by atoms with Crippen molar-refractivity contribution in [3.63, 3.8) is 0 Å². The second kappa shape index (κ2) is 3.59. The molecule has 0 spiro atoms. The summed E-state index contributed by atoms with van der Waals surface area (Å²) in [6.45, 7) is -0.0817. The van der Waals surface area contributed by atoms with Crippen LogP contribution in [0, 0.1) is 11.3 Å². The van der Waals surface area contributed by atoms with Gasteiger partial charge in [0, 0.05) is 0 Å². The lowest BCUT2D eigenvalue weighted by Crippen LogP contribution is -2.28. The molecule has 78 valence electrons. The molecule has 0 saturated carbocycles. The molecule has 1 aliphatic heterocycles. The molecular weight excluding hydrogens is 200 g/mol. The SMILES string of the molecule is N#CCc1ccc2c(c1)COC(F)(F)C2.